The molecule has 7 heteroatoms. The quantitative estimate of drug-likeness (QED) is 0.532. The number of aliphatic imine (C=N–C) groups is 1. The van der Waals surface area contributed by atoms with Gasteiger partial charge in [-0.2, -0.15) is 0 Å². The number of likely N-dealkylation sites (tertiary alicyclic amines) is 1. The monoisotopic (exact) mass is 435 g/mol. The summed E-state index contributed by atoms with van der Waals surface area (Å²) in [5.74, 6) is 1.04. The van der Waals surface area contributed by atoms with Crippen LogP contribution in [0.1, 0.15) is 32.6 Å². The van der Waals surface area contributed by atoms with E-state index in [9.17, 15) is 4.79 Å². The van der Waals surface area contributed by atoms with Gasteiger partial charge in [-0.25, -0.2) is 0 Å². The highest BCUT2D eigenvalue weighted by atomic mass is 79.9. The van der Waals surface area contributed by atoms with Gasteiger partial charge in [0.1, 0.15) is 0 Å². The van der Waals surface area contributed by atoms with Crippen LogP contribution in [0.3, 0.4) is 0 Å². The van der Waals surface area contributed by atoms with Gasteiger partial charge in [0.2, 0.25) is 5.91 Å². The summed E-state index contributed by atoms with van der Waals surface area (Å²) >= 11 is 3.64. The minimum Gasteiger partial charge on any atom is -0.368 e. The Hall–Kier alpha value is -1.76. The molecule has 1 unspecified atom stereocenters. The Bertz CT molecular complexity index is 660. The fourth-order valence-corrected chi connectivity index (χ4v) is 4.24. The van der Waals surface area contributed by atoms with Crippen LogP contribution in [0.5, 0.6) is 0 Å². The lowest BCUT2D eigenvalue weighted by molar-refractivity contribution is -0.129. The highest BCUT2D eigenvalue weighted by Gasteiger charge is 2.24. The number of hydrogen-bond donors (Lipinski definition) is 2. The summed E-state index contributed by atoms with van der Waals surface area (Å²) in [5.41, 5.74) is 1.24. The van der Waals surface area contributed by atoms with Gasteiger partial charge in [0.05, 0.1) is 12.2 Å². The highest BCUT2D eigenvalue weighted by molar-refractivity contribution is 9.10. The van der Waals surface area contributed by atoms with Crippen molar-refractivity contribution in [3.63, 3.8) is 0 Å². The van der Waals surface area contributed by atoms with Crippen molar-refractivity contribution in [1.82, 2.24) is 15.5 Å². The molecule has 1 aromatic carbocycles. The van der Waals surface area contributed by atoms with E-state index in [-0.39, 0.29) is 5.91 Å². The highest BCUT2D eigenvalue weighted by Crippen LogP contribution is 2.28. The molecule has 27 heavy (non-hydrogen) atoms. The maximum atomic E-state index is 12.2. The second kappa shape index (κ2) is 9.97. The van der Waals surface area contributed by atoms with E-state index < -0.39 is 0 Å². The number of hydrogen-bond acceptors (Lipinski definition) is 3. The van der Waals surface area contributed by atoms with E-state index in [2.05, 4.69) is 61.6 Å². The van der Waals surface area contributed by atoms with Crippen molar-refractivity contribution in [2.24, 2.45) is 4.99 Å². The van der Waals surface area contributed by atoms with Gasteiger partial charge in [-0.1, -0.05) is 12.1 Å². The van der Waals surface area contributed by atoms with Crippen LogP contribution in [0.4, 0.5) is 5.69 Å². The largest absolute Gasteiger partial charge is 0.368 e. The van der Waals surface area contributed by atoms with E-state index in [1.54, 1.807) is 0 Å². The van der Waals surface area contributed by atoms with E-state index in [4.69, 9.17) is 0 Å². The molecule has 2 fully saturated rings. The summed E-state index contributed by atoms with van der Waals surface area (Å²) < 4.78 is 1.13. The number of amides is 1. The topological polar surface area (TPSA) is 60.0 Å². The van der Waals surface area contributed by atoms with Crippen LogP contribution >= 0.6 is 15.9 Å². The Labute approximate surface area is 170 Å². The fourth-order valence-electron chi connectivity index (χ4n) is 3.71. The molecular formula is C20H30BrN5O. The Balaban J connectivity index is 1.50. The van der Waals surface area contributed by atoms with Gasteiger partial charge in [-0.3, -0.25) is 9.79 Å². The van der Waals surface area contributed by atoms with Crippen molar-refractivity contribution in [2.75, 3.05) is 44.2 Å². The number of guanidine groups is 1. The van der Waals surface area contributed by atoms with Crippen molar-refractivity contribution < 1.29 is 4.79 Å². The molecule has 1 aromatic rings. The molecular weight excluding hydrogens is 406 g/mol. The Morgan fingerprint density at radius 3 is 2.78 bits per heavy atom. The first kappa shape index (κ1) is 20.0. The number of nitrogens with zero attached hydrogens (tertiary/aromatic N) is 3. The minimum atomic E-state index is 0.230. The molecule has 0 spiro atoms. The fraction of sp³-hybridized carbons (Fsp3) is 0.600. The van der Waals surface area contributed by atoms with E-state index >= 15 is 0 Å². The smallest absolute Gasteiger partial charge is 0.224 e. The second-order valence-corrected chi connectivity index (χ2v) is 7.98. The molecule has 3 rings (SSSR count). The van der Waals surface area contributed by atoms with Crippen molar-refractivity contribution in [3.8, 4) is 0 Å². The predicted octanol–water partition coefficient (Wildman–Crippen LogP) is 2.60. The number of benzene rings is 1. The molecule has 2 N–H and O–H groups in total. The first-order valence-corrected chi connectivity index (χ1v) is 10.8. The molecule has 1 atom stereocenters. The number of halogens is 1. The number of anilines is 1. The lowest BCUT2D eigenvalue weighted by atomic mass is 10.2. The molecule has 0 radical (unpaired) electrons. The number of para-hydroxylation sites is 1. The third kappa shape index (κ3) is 5.61. The second-order valence-electron chi connectivity index (χ2n) is 7.13. The van der Waals surface area contributed by atoms with Crippen LogP contribution < -0.4 is 15.5 Å². The molecule has 0 aliphatic carbocycles. The average Bonchev–Trinajstić information content (AvgIpc) is 3.34. The summed E-state index contributed by atoms with van der Waals surface area (Å²) in [6, 6.07) is 8.70. The number of nitrogens with one attached hydrogen (secondary N) is 2. The van der Waals surface area contributed by atoms with Crippen LogP contribution in [0.2, 0.25) is 0 Å². The standard InChI is InChI=1S/C20H30BrN5O/c1-2-22-20(23-11-9-19(27)25-12-5-6-13-25)24-16-10-14-26(15-16)18-8-4-3-7-17(18)21/h3-4,7-8,16H,2,5-6,9-15H2,1H3,(H2,22,23,24). The molecule has 2 aliphatic rings. The molecule has 2 heterocycles. The minimum absolute atomic E-state index is 0.230. The van der Waals surface area contributed by atoms with Gasteiger partial charge in [0.15, 0.2) is 5.96 Å². The maximum absolute atomic E-state index is 12.2. The molecule has 0 aromatic heterocycles. The predicted molar refractivity (Wildman–Crippen MR) is 114 cm³/mol. The Kier molecular flexibility index (Phi) is 7.38. The van der Waals surface area contributed by atoms with Crippen LogP contribution in [0.25, 0.3) is 0 Å². The zero-order chi connectivity index (χ0) is 19.1. The summed E-state index contributed by atoms with van der Waals surface area (Å²) in [4.78, 5) is 21.1. The summed E-state index contributed by atoms with van der Waals surface area (Å²) in [6.45, 7) is 7.20. The van der Waals surface area contributed by atoms with E-state index in [0.29, 0.717) is 19.0 Å². The van der Waals surface area contributed by atoms with Crippen LogP contribution in [0, 0.1) is 0 Å². The van der Waals surface area contributed by atoms with Crippen LogP contribution in [0.15, 0.2) is 33.7 Å². The summed E-state index contributed by atoms with van der Waals surface area (Å²) in [7, 11) is 0. The number of rotatable bonds is 6. The van der Waals surface area contributed by atoms with Crippen molar-refractivity contribution in [2.45, 2.75) is 38.6 Å². The first-order valence-electron chi connectivity index (χ1n) is 9.99. The number of carbonyl (C=O) groups excluding carboxylic acids is 1. The van der Waals surface area contributed by atoms with Gasteiger partial charge in [0.25, 0.3) is 0 Å². The zero-order valence-electron chi connectivity index (χ0n) is 16.1. The normalized spacial score (nSPS) is 20.2. The SMILES string of the molecule is CCNC(=NCCC(=O)N1CCCC1)NC1CCN(c2ccccc2Br)C1. The van der Waals surface area contributed by atoms with Gasteiger partial charge in [0, 0.05) is 49.7 Å². The molecule has 2 aliphatic heterocycles. The van der Waals surface area contributed by atoms with Gasteiger partial charge < -0.3 is 20.4 Å². The van der Waals surface area contributed by atoms with Gasteiger partial charge in [-0.15, -0.1) is 0 Å². The lowest BCUT2D eigenvalue weighted by Crippen LogP contribution is -2.44. The summed E-state index contributed by atoms with van der Waals surface area (Å²) in [6.07, 6.45) is 3.83. The average molecular weight is 436 g/mol. The number of carbonyl (C=O) groups is 1. The molecule has 0 saturated carbocycles. The van der Waals surface area contributed by atoms with E-state index in [1.165, 1.54) is 5.69 Å². The molecule has 6 nitrogen and oxygen atoms in total. The molecule has 2 saturated heterocycles. The van der Waals surface area contributed by atoms with Crippen molar-refractivity contribution in [1.29, 1.82) is 0 Å². The lowest BCUT2D eigenvalue weighted by Gasteiger charge is -2.21. The van der Waals surface area contributed by atoms with Gasteiger partial charge in [-0.05, 0) is 54.2 Å². The maximum Gasteiger partial charge on any atom is 0.224 e. The van der Waals surface area contributed by atoms with Crippen molar-refractivity contribution >= 4 is 33.5 Å². The first-order chi connectivity index (χ1) is 13.2. The van der Waals surface area contributed by atoms with Crippen molar-refractivity contribution in [3.05, 3.63) is 28.7 Å². The van der Waals surface area contributed by atoms with Gasteiger partial charge >= 0.3 is 0 Å². The third-order valence-electron chi connectivity index (χ3n) is 5.12. The zero-order valence-corrected chi connectivity index (χ0v) is 17.7. The molecule has 1 amide bonds. The Morgan fingerprint density at radius 2 is 2.04 bits per heavy atom. The van der Waals surface area contributed by atoms with E-state index in [0.717, 1.165) is 62.4 Å². The van der Waals surface area contributed by atoms with Crippen LogP contribution in [-0.2, 0) is 4.79 Å². The Morgan fingerprint density at radius 1 is 1.26 bits per heavy atom. The third-order valence-corrected chi connectivity index (χ3v) is 5.79. The molecule has 0 bridgehead atoms. The van der Waals surface area contributed by atoms with Crippen LogP contribution in [-0.4, -0.2) is 62.1 Å². The van der Waals surface area contributed by atoms with E-state index in [1.807, 2.05) is 11.0 Å². The molecule has 148 valence electrons. The summed E-state index contributed by atoms with van der Waals surface area (Å²) in [5, 5.41) is 6.84.